The number of rotatable bonds is 5. The van der Waals surface area contributed by atoms with Crippen LogP contribution >= 0.6 is 0 Å². The highest BCUT2D eigenvalue weighted by Gasteiger charge is 2.65. The first-order valence-electron chi connectivity index (χ1n) is 10.3. The molecule has 0 spiro atoms. The Morgan fingerprint density at radius 1 is 1.33 bits per heavy atom. The number of fused-ring (bicyclic) bond motifs is 1. The Morgan fingerprint density at radius 3 is 2.76 bits per heavy atom. The molecule has 1 aromatic heterocycles. The number of aromatic nitrogens is 2. The highest BCUT2D eigenvalue weighted by Crippen LogP contribution is 2.58. The number of nitrogens with zero attached hydrogens (tertiary/aromatic N) is 3. The van der Waals surface area contributed by atoms with Gasteiger partial charge >= 0.3 is 12.1 Å². The molecule has 178 valence electrons. The summed E-state index contributed by atoms with van der Waals surface area (Å²) in [6.45, 7) is 1.26. The second-order valence-electron chi connectivity index (χ2n) is 8.70. The Labute approximate surface area is 186 Å². The van der Waals surface area contributed by atoms with E-state index in [1.54, 1.807) is 0 Å². The smallest absolute Gasteiger partial charge is 0.471 e. The van der Waals surface area contributed by atoms with Crippen LogP contribution in [0.2, 0.25) is 0 Å². The van der Waals surface area contributed by atoms with Gasteiger partial charge in [-0.1, -0.05) is 5.16 Å². The van der Waals surface area contributed by atoms with Gasteiger partial charge in [0, 0.05) is 25.8 Å². The van der Waals surface area contributed by atoms with E-state index in [1.165, 1.54) is 23.1 Å². The van der Waals surface area contributed by atoms with Crippen molar-refractivity contribution >= 4 is 15.7 Å². The molecule has 3 fully saturated rings. The lowest BCUT2D eigenvalue weighted by Crippen LogP contribution is -2.34. The molecule has 3 aliphatic rings. The van der Waals surface area contributed by atoms with E-state index in [0.717, 1.165) is 6.26 Å². The fraction of sp³-hybridized carbons (Fsp3) is 0.550. The quantitative estimate of drug-likeness (QED) is 0.630. The third kappa shape index (κ3) is 3.97. The highest BCUT2D eigenvalue weighted by atomic mass is 32.2. The lowest BCUT2D eigenvalue weighted by Gasteiger charge is -2.23. The summed E-state index contributed by atoms with van der Waals surface area (Å²) >= 11 is 0. The second kappa shape index (κ2) is 7.42. The van der Waals surface area contributed by atoms with Crippen LogP contribution in [0.15, 0.2) is 27.6 Å². The van der Waals surface area contributed by atoms with Crippen molar-refractivity contribution in [1.82, 2.24) is 15.0 Å². The number of carbonyl (C=O) groups excluding carboxylic acids is 1. The largest absolute Gasteiger partial charge is 0.487 e. The van der Waals surface area contributed by atoms with Crippen molar-refractivity contribution in [2.75, 3.05) is 32.6 Å². The predicted octanol–water partition coefficient (Wildman–Crippen LogP) is 2.07. The number of piperidine rings is 1. The number of alkyl halides is 3. The first-order valence-corrected chi connectivity index (χ1v) is 12.2. The van der Waals surface area contributed by atoms with E-state index < -0.39 is 33.2 Å². The molecule has 1 aromatic carbocycles. The van der Waals surface area contributed by atoms with Crippen LogP contribution in [0.25, 0.3) is 0 Å². The van der Waals surface area contributed by atoms with Crippen molar-refractivity contribution in [2.24, 2.45) is 5.92 Å². The first-order chi connectivity index (χ1) is 15.5. The molecule has 2 unspecified atom stereocenters. The summed E-state index contributed by atoms with van der Waals surface area (Å²) in [5.74, 6) is -1.83. The van der Waals surface area contributed by atoms with Gasteiger partial charge in [0.2, 0.25) is 0 Å². The van der Waals surface area contributed by atoms with Crippen molar-refractivity contribution < 1.29 is 40.4 Å². The van der Waals surface area contributed by atoms with E-state index in [-0.39, 0.29) is 47.1 Å². The summed E-state index contributed by atoms with van der Waals surface area (Å²) in [7, 11) is -3.58. The number of ether oxygens (including phenoxy) is 2. The van der Waals surface area contributed by atoms with Crippen molar-refractivity contribution in [3.05, 3.63) is 35.5 Å². The van der Waals surface area contributed by atoms with E-state index in [4.69, 9.17) is 9.47 Å². The summed E-state index contributed by atoms with van der Waals surface area (Å²) in [6, 6.07) is 4.09. The van der Waals surface area contributed by atoms with Crippen molar-refractivity contribution in [1.29, 1.82) is 0 Å². The summed E-state index contributed by atoms with van der Waals surface area (Å²) in [4.78, 5) is 18.4. The zero-order valence-corrected chi connectivity index (χ0v) is 18.3. The maximum atomic E-state index is 13.4. The number of hydrogen-bond acceptors (Lipinski definition) is 8. The SMILES string of the molecule is CS(=O)(=O)c1ccc(OC2CCOC2)c(C(=O)N2CC3C[C@]3(c3noc(C(F)(F)F)n3)C2)c1. The molecule has 2 aliphatic heterocycles. The number of benzene rings is 1. The van der Waals surface area contributed by atoms with Gasteiger partial charge in [-0.2, -0.15) is 18.2 Å². The van der Waals surface area contributed by atoms with Crippen LogP contribution < -0.4 is 4.74 Å². The number of halogens is 3. The van der Waals surface area contributed by atoms with Crippen LogP contribution in [-0.4, -0.2) is 68.0 Å². The molecule has 2 aromatic rings. The van der Waals surface area contributed by atoms with Crippen LogP contribution in [0.4, 0.5) is 13.2 Å². The highest BCUT2D eigenvalue weighted by molar-refractivity contribution is 7.90. The minimum atomic E-state index is -4.75. The van der Waals surface area contributed by atoms with Gasteiger partial charge in [-0.3, -0.25) is 4.79 Å². The predicted molar refractivity (Wildman–Crippen MR) is 104 cm³/mol. The monoisotopic (exact) mass is 487 g/mol. The molecular formula is C20H20F3N3O6S. The van der Waals surface area contributed by atoms with E-state index >= 15 is 0 Å². The Kier molecular flexibility index (Phi) is 4.98. The average Bonchev–Trinajstić information content (AvgIpc) is 3.23. The molecule has 3 atom stereocenters. The zero-order chi connectivity index (χ0) is 23.6. The topological polar surface area (TPSA) is 112 Å². The lowest BCUT2D eigenvalue weighted by atomic mass is 10.1. The Balaban J connectivity index is 1.42. The number of carbonyl (C=O) groups is 1. The minimum Gasteiger partial charge on any atom is -0.487 e. The number of likely N-dealkylation sites (tertiary alicyclic amines) is 1. The Hall–Kier alpha value is -2.67. The summed E-state index contributed by atoms with van der Waals surface area (Å²) in [5, 5.41) is 3.52. The minimum absolute atomic E-state index is 0.0343. The van der Waals surface area contributed by atoms with Crippen LogP contribution in [-0.2, 0) is 26.2 Å². The molecule has 33 heavy (non-hydrogen) atoms. The lowest BCUT2D eigenvalue weighted by molar-refractivity contribution is -0.159. The second-order valence-corrected chi connectivity index (χ2v) is 10.7. The third-order valence-corrected chi connectivity index (χ3v) is 7.45. The standard InChI is InChI=1S/C20H20F3N3O6S/c1-33(28,29)13-2-3-15(31-12-4-5-30-9-12)14(6-13)16(27)26-8-11-7-19(11,10-26)17-24-18(32-25-17)20(21,22)23/h2-3,6,11-12H,4-5,7-10H2,1H3/t11?,12?,19-/m0/s1. The van der Waals surface area contributed by atoms with Gasteiger partial charge in [-0.15, -0.1) is 0 Å². The molecule has 13 heteroatoms. The molecule has 1 amide bonds. The summed E-state index contributed by atoms with van der Waals surface area (Å²) in [5.41, 5.74) is -0.720. The molecular weight excluding hydrogens is 467 g/mol. The molecule has 0 radical (unpaired) electrons. The van der Waals surface area contributed by atoms with Gasteiger partial charge in [0.1, 0.15) is 11.9 Å². The number of amides is 1. The van der Waals surface area contributed by atoms with E-state index in [0.29, 0.717) is 26.1 Å². The van der Waals surface area contributed by atoms with Crippen molar-refractivity contribution in [2.45, 2.75) is 35.4 Å². The van der Waals surface area contributed by atoms with Crippen LogP contribution in [0.3, 0.4) is 0 Å². The van der Waals surface area contributed by atoms with Gasteiger partial charge in [0.15, 0.2) is 15.7 Å². The molecule has 1 aliphatic carbocycles. The van der Waals surface area contributed by atoms with E-state index in [9.17, 15) is 26.4 Å². The van der Waals surface area contributed by atoms with Gasteiger partial charge in [-0.25, -0.2) is 8.42 Å². The van der Waals surface area contributed by atoms with Gasteiger partial charge in [0.25, 0.3) is 5.91 Å². The summed E-state index contributed by atoms with van der Waals surface area (Å²) < 4.78 is 78.3. The molecule has 9 nitrogen and oxygen atoms in total. The van der Waals surface area contributed by atoms with E-state index in [1.807, 2.05) is 0 Å². The number of sulfone groups is 1. The van der Waals surface area contributed by atoms with Crippen LogP contribution in [0.1, 0.15) is 34.9 Å². The van der Waals surface area contributed by atoms with Crippen LogP contribution in [0.5, 0.6) is 5.75 Å². The van der Waals surface area contributed by atoms with E-state index in [2.05, 4.69) is 14.7 Å². The van der Waals surface area contributed by atoms with Gasteiger partial charge in [0.05, 0.1) is 29.1 Å². The maximum Gasteiger partial charge on any atom is 0.471 e. The molecule has 2 saturated heterocycles. The maximum absolute atomic E-state index is 13.4. The van der Waals surface area contributed by atoms with Crippen LogP contribution in [0, 0.1) is 5.92 Å². The molecule has 5 rings (SSSR count). The fourth-order valence-electron chi connectivity index (χ4n) is 4.49. The van der Waals surface area contributed by atoms with Gasteiger partial charge in [-0.05, 0) is 30.5 Å². The average molecular weight is 487 g/mol. The third-order valence-electron chi connectivity index (χ3n) is 6.34. The normalized spacial score (nSPS) is 27.0. The first kappa shape index (κ1) is 22.1. The molecule has 3 heterocycles. The van der Waals surface area contributed by atoms with Crippen molar-refractivity contribution in [3.63, 3.8) is 0 Å². The number of hydrogen-bond donors (Lipinski definition) is 0. The Bertz CT molecular complexity index is 1210. The van der Waals surface area contributed by atoms with Gasteiger partial charge < -0.3 is 18.9 Å². The fourth-order valence-corrected chi connectivity index (χ4v) is 5.14. The summed E-state index contributed by atoms with van der Waals surface area (Å²) in [6.07, 6.45) is -2.80. The molecule has 0 N–H and O–H groups in total. The molecule has 1 saturated carbocycles. The Morgan fingerprint density at radius 2 is 2.12 bits per heavy atom. The molecule has 0 bridgehead atoms. The zero-order valence-electron chi connectivity index (χ0n) is 17.5. The van der Waals surface area contributed by atoms with Crippen molar-refractivity contribution in [3.8, 4) is 5.75 Å².